The highest BCUT2D eigenvalue weighted by atomic mass is 79.9. The molecule has 0 radical (unpaired) electrons. The van der Waals surface area contributed by atoms with Crippen LogP contribution in [0.25, 0.3) is 0 Å². The maximum Gasteiger partial charge on any atom is 0.261 e. The number of sulfonamides is 1. The van der Waals surface area contributed by atoms with E-state index < -0.39 is 27.6 Å². The average molecular weight is 497 g/mol. The van der Waals surface area contributed by atoms with Gasteiger partial charge in [-0.2, -0.15) is 0 Å². The largest absolute Gasteiger partial charge is 0.496 e. The van der Waals surface area contributed by atoms with Gasteiger partial charge in [-0.05, 0) is 64.5 Å². The summed E-state index contributed by atoms with van der Waals surface area (Å²) < 4.78 is 59.8. The van der Waals surface area contributed by atoms with E-state index in [1.807, 2.05) is 0 Å². The van der Waals surface area contributed by atoms with Crippen molar-refractivity contribution in [2.24, 2.45) is 0 Å². The predicted molar refractivity (Wildman–Crippen MR) is 112 cm³/mol. The van der Waals surface area contributed by atoms with Crippen LogP contribution >= 0.6 is 15.9 Å². The van der Waals surface area contributed by atoms with E-state index in [4.69, 9.17) is 4.74 Å². The molecule has 0 aromatic heterocycles. The predicted octanol–water partition coefficient (Wildman–Crippen LogP) is 4.79. The molecule has 1 amide bonds. The minimum atomic E-state index is -3.99. The molecule has 0 aliphatic heterocycles. The fourth-order valence-corrected chi connectivity index (χ4v) is 4.16. The zero-order chi connectivity index (χ0) is 21.9. The van der Waals surface area contributed by atoms with Crippen molar-refractivity contribution in [1.82, 2.24) is 0 Å². The summed E-state index contributed by atoms with van der Waals surface area (Å²) in [5.41, 5.74) is 0.353. The lowest BCUT2D eigenvalue weighted by atomic mass is 10.2. The molecule has 0 aliphatic rings. The van der Waals surface area contributed by atoms with Gasteiger partial charge < -0.3 is 10.1 Å². The van der Waals surface area contributed by atoms with Gasteiger partial charge in [0.05, 0.1) is 22.2 Å². The third-order valence-corrected chi connectivity index (χ3v) is 5.99. The highest BCUT2D eigenvalue weighted by Gasteiger charge is 2.17. The molecule has 0 heterocycles. The highest BCUT2D eigenvalue weighted by molar-refractivity contribution is 9.10. The molecule has 0 aliphatic carbocycles. The van der Waals surface area contributed by atoms with Crippen LogP contribution in [0.3, 0.4) is 0 Å². The molecule has 3 aromatic carbocycles. The Hall–Kier alpha value is -2.98. The molecule has 0 atom stereocenters. The number of carbonyl (C=O) groups excluding carboxylic acids is 1. The number of rotatable bonds is 6. The van der Waals surface area contributed by atoms with Crippen molar-refractivity contribution in [3.8, 4) is 5.75 Å². The number of methoxy groups -OCH3 is 1. The number of benzene rings is 3. The molecule has 0 unspecified atom stereocenters. The van der Waals surface area contributed by atoms with Crippen LogP contribution in [-0.2, 0) is 10.0 Å². The van der Waals surface area contributed by atoms with Crippen molar-refractivity contribution in [1.29, 1.82) is 0 Å². The van der Waals surface area contributed by atoms with Crippen LogP contribution in [0.1, 0.15) is 10.4 Å². The van der Waals surface area contributed by atoms with E-state index in [9.17, 15) is 22.0 Å². The Morgan fingerprint density at radius 2 is 1.70 bits per heavy atom. The van der Waals surface area contributed by atoms with Gasteiger partial charge in [0.25, 0.3) is 15.9 Å². The summed E-state index contributed by atoms with van der Waals surface area (Å²) in [6.07, 6.45) is 0. The summed E-state index contributed by atoms with van der Waals surface area (Å²) in [5, 5.41) is 2.39. The number of halogens is 3. The third-order valence-electron chi connectivity index (χ3n) is 3.99. The summed E-state index contributed by atoms with van der Waals surface area (Å²) in [6.45, 7) is 0. The van der Waals surface area contributed by atoms with E-state index in [0.29, 0.717) is 15.9 Å². The fraction of sp³-hybridized carbons (Fsp3) is 0.0500. The van der Waals surface area contributed by atoms with Crippen LogP contribution < -0.4 is 14.8 Å². The molecule has 2 N–H and O–H groups in total. The maximum atomic E-state index is 13.3. The molecular weight excluding hydrogens is 482 g/mol. The third kappa shape index (κ3) is 4.95. The summed E-state index contributed by atoms with van der Waals surface area (Å²) in [4.78, 5) is 12.3. The number of ether oxygens (including phenoxy) is 1. The van der Waals surface area contributed by atoms with E-state index in [2.05, 4.69) is 26.0 Å². The minimum absolute atomic E-state index is 0.0264. The molecule has 0 fully saturated rings. The Kier molecular flexibility index (Phi) is 6.37. The molecule has 0 spiro atoms. The summed E-state index contributed by atoms with van der Waals surface area (Å²) in [6, 6.07) is 12.9. The van der Waals surface area contributed by atoms with Crippen molar-refractivity contribution in [2.45, 2.75) is 4.90 Å². The van der Waals surface area contributed by atoms with Crippen LogP contribution in [0, 0.1) is 11.6 Å². The van der Waals surface area contributed by atoms with E-state index in [-0.39, 0.29) is 16.1 Å². The van der Waals surface area contributed by atoms with Gasteiger partial charge in [-0.15, -0.1) is 0 Å². The van der Waals surface area contributed by atoms with Gasteiger partial charge in [-0.3, -0.25) is 9.52 Å². The quantitative estimate of drug-likeness (QED) is 0.513. The molecule has 3 aromatic rings. The SMILES string of the molecule is COc1ccc(NS(=O)(=O)c2cccc(C(=O)Nc3ccc(F)c(F)c3)c2)cc1Br. The summed E-state index contributed by atoms with van der Waals surface area (Å²) in [7, 11) is -2.51. The lowest BCUT2D eigenvalue weighted by Gasteiger charge is -2.11. The first kappa shape index (κ1) is 21.7. The number of amides is 1. The van der Waals surface area contributed by atoms with E-state index >= 15 is 0 Å². The van der Waals surface area contributed by atoms with E-state index in [1.54, 1.807) is 6.07 Å². The van der Waals surface area contributed by atoms with Gasteiger partial charge in [-0.1, -0.05) is 6.07 Å². The highest BCUT2D eigenvalue weighted by Crippen LogP contribution is 2.29. The number of hydrogen-bond donors (Lipinski definition) is 2. The van der Waals surface area contributed by atoms with Crippen molar-refractivity contribution in [2.75, 3.05) is 17.1 Å². The lowest BCUT2D eigenvalue weighted by Crippen LogP contribution is -2.16. The molecule has 3 rings (SSSR count). The van der Waals surface area contributed by atoms with E-state index in [1.165, 1.54) is 49.6 Å². The molecule has 0 bridgehead atoms. The molecule has 0 saturated carbocycles. The molecule has 0 saturated heterocycles. The Balaban J connectivity index is 1.81. The molecular formula is C20H15BrF2N2O4S. The van der Waals surface area contributed by atoms with Crippen LogP contribution in [0.15, 0.2) is 70.0 Å². The smallest absolute Gasteiger partial charge is 0.261 e. The zero-order valence-corrected chi connectivity index (χ0v) is 17.9. The first-order valence-corrected chi connectivity index (χ1v) is 10.7. The number of nitrogens with one attached hydrogen (secondary N) is 2. The monoisotopic (exact) mass is 496 g/mol. The average Bonchev–Trinajstić information content (AvgIpc) is 2.71. The van der Waals surface area contributed by atoms with Crippen LogP contribution in [0.5, 0.6) is 5.75 Å². The first-order chi connectivity index (χ1) is 14.2. The second-order valence-electron chi connectivity index (χ2n) is 6.07. The van der Waals surface area contributed by atoms with Crippen LogP contribution in [-0.4, -0.2) is 21.4 Å². The Morgan fingerprint density at radius 1 is 0.967 bits per heavy atom. The van der Waals surface area contributed by atoms with Gasteiger partial charge in [0.15, 0.2) is 11.6 Å². The second-order valence-corrected chi connectivity index (χ2v) is 8.60. The van der Waals surface area contributed by atoms with Crippen molar-refractivity contribution < 1.29 is 26.7 Å². The number of carbonyl (C=O) groups is 1. The molecule has 30 heavy (non-hydrogen) atoms. The maximum absolute atomic E-state index is 13.3. The summed E-state index contributed by atoms with van der Waals surface area (Å²) in [5.74, 6) is -2.30. The first-order valence-electron chi connectivity index (χ1n) is 8.42. The zero-order valence-electron chi connectivity index (χ0n) is 15.4. The Morgan fingerprint density at radius 3 is 2.37 bits per heavy atom. The van der Waals surface area contributed by atoms with Gasteiger partial charge in [-0.25, -0.2) is 17.2 Å². The van der Waals surface area contributed by atoms with Gasteiger partial charge in [0.1, 0.15) is 5.75 Å². The fourth-order valence-electron chi connectivity index (χ4n) is 2.53. The standard InChI is InChI=1S/C20H15BrF2N2O4S/c1-29-19-8-6-14(10-16(19)21)25-30(27,28)15-4-2-3-12(9-15)20(26)24-13-5-7-17(22)18(23)11-13/h2-11,25H,1H3,(H,24,26). The van der Waals surface area contributed by atoms with Gasteiger partial charge in [0, 0.05) is 17.3 Å². The number of hydrogen-bond acceptors (Lipinski definition) is 4. The van der Waals surface area contributed by atoms with Crippen molar-refractivity contribution >= 4 is 43.2 Å². The van der Waals surface area contributed by atoms with Crippen LogP contribution in [0.4, 0.5) is 20.2 Å². The Labute approximate surface area is 180 Å². The normalized spacial score (nSPS) is 11.1. The van der Waals surface area contributed by atoms with Crippen molar-refractivity contribution in [3.05, 3.63) is 82.3 Å². The minimum Gasteiger partial charge on any atom is -0.496 e. The van der Waals surface area contributed by atoms with Crippen molar-refractivity contribution in [3.63, 3.8) is 0 Å². The van der Waals surface area contributed by atoms with Gasteiger partial charge >= 0.3 is 0 Å². The van der Waals surface area contributed by atoms with Gasteiger partial charge in [0.2, 0.25) is 0 Å². The number of anilines is 2. The topological polar surface area (TPSA) is 84.5 Å². The van der Waals surface area contributed by atoms with E-state index in [0.717, 1.165) is 12.1 Å². The lowest BCUT2D eigenvalue weighted by molar-refractivity contribution is 0.102. The molecule has 10 heteroatoms. The van der Waals surface area contributed by atoms with Crippen LogP contribution in [0.2, 0.25) is 0 Å². The Bertz CT molecular complexity index is 1220. The molecule has 6 nitrogen and oxygen atoms in total. The second kappa shape index (κ2) is 8.80. The summed E-state index contributed by atoms with van der Waals surface area (Å²) >= 11 is 3.28. The molecule has 156 valence electrons.